The Hall–Kier alpha value is -1.46. The monoisotopic (exact) mass is 392 g/mol. The number of thioether (sulfide) groups is 2. The summed E-state index contributed by atoms with van der Waals surface area (Å²) in [5, 5.41) is 2.70. The molecule has 0 aliphatic heterocycles. The Morgan fingerprint density at radius 3 is 2.58 bits per heavy atom. The lowest BCUT2D eigenvalue weighted by Gasteiger charge is -2.14. The molecule has 1 aromatic heterocycles. The molecule has 1 aromatic rings. The first-order valence-corrected chi connectivity index (χ1v) is 11.3. The number of nitrogens with two attached hydrogens (primary N) is 1. The molecule has 0 aliphatic rings. The average molecular weight is 393 g/mol. The smallest absolute Gasteiger partial charge is 0.270 e. The van der Waals surface area contributed by atoms with E-state index in [-0.39, 0.29) is 10.7 Å². The molecule has 0 aromatic carbocycles. The van der Waals surface area contributed by atoms with E-state index >= 15 is 0 Å². The quantitative estimate of drug-likeness (QED) is 0.507. The van der Waals surface area contributed by atoms with Crippen LogP contribution in [0.4, 0.5) is 0 Å². The Labute approximate surface area is 149 Å². The van der Waals surface area contributed by atoms with Crippen molar-refractivity contribution in [2.45, 2.75) is 12.5 Å². The van der Waals surface area contributed by atoms with Crippen LogP contribution >= 0.6 is 23.5 Å². The van der Waals surface area contributed by atoms with Gasteiger partial charge >= 0.3 is 0 Å². The number of carbonyl (C=O) groups is 2. The predicted octanol–water partition coefficient (Wildman–Crippen LogP) is 0.352. The van der Waals surface area contributed by atoms with Gasteiger partial charge in [0.1, 0.15) is 6.04 Å². The minimum absolute atomic E-state index is 0.117. The summed E-state index contributed by atoms with van der Waals surface area (Å²) in [7, 11) is -3.47. The van der Waals surface area contributed by atoms with Crippen molar-refractivity contribution < 1.29 is 18.0 Å². The fourth-order valence-corrected chi connectivity index (χ4v) is 2.92. The van der Waals surface area contributed by atoms with E-state index in [1.165, 1.54) is 30.2 Å². The van der Waals surface area contributed by atoms with Gasteiger partial charge in [-0.3, -0.25) is 13.6 Å². The third-order valence-electron chi connectivity index (χ3n) is 2.96. The Balaban J connectivity index is 2.91. The van der Waals surface area contributed by atoms with Crippen LogP contribution in [0.1, 0.15) is 16.8 Å². The third-order valence-corrected chi connectivity index (χ3v) is 5.10. The fraction of sp³-hybridized carbons (Fsp3) is 0.462. The van der Waals surface area contributed by atoms with Crippen molar-refractivity contribution in [2.24, 2.45) is 10.7 Å². The summed E-state index contributed by atoms with van der Waals surface area (Å²) in [4.78, 5) is 28.1. The van der Waals surface area contributed by atoms with E-state index in [1.807, 2.05) is 6.26 Å². The van der Waals surface area contributed by atoms with E-state index in [4.69, 9.17) is 5.73 Å². The number of hydrogen-bond donors (Lipinski definition) is 2. The van der Waals surface area contributed by atoms with Crippen molar-refractivity contribution in [3.05, 3.63) is 24.0 Å². The molecule has 1 atom stereocenters. The van der Waals surface area contributed by atoms with Crippen molar-refractivity contribution >= 4 is 50.5 Å². The van der Waals surface area contributed by atoms with Gasteiger partial charge in [0.15, 0.2) is 5.17 Å². The Morgan fingerprint density at radius 2 is 2.08 bits per heavy atom. The van der Waals surface area contributed by atoms with Crippen LogP contribution in [-0.2, 0) is 14.8 Å². The number of nitrogens with one attached hydrogen (secondary N) is 1. The van der Waals surface area contributed by atoms with Crippen molar-refractivity contribution in [3.8, 4) is 0 Å². The second kappa shape index (κ2) is 9.14. The molecule has 0 bridgehead atoms. The van der Waals surface area contributed by atoms with E-state index < -0.39 is 27.9 Å². The summed E-state index contributed by atoms with van der Waals surface area (Å²) in [5.74, 6) is -0.433. The first-order valence-electron chi connectivity index (χ1n) is 6.79. The highest BCUT2D eigenvalue weighted by atomic mass is 32.2. The Kier molecular flexibility index (Phi) is 7.84. The number of hydrogen-bond acceptors (Lipinski definition) is 6. The van der Waals surface area contributed by atoms with Crippen molar-refractivity contribution in [2.75, 3.05) is 24.5 Å². The van der Waals surface area contributed by atoms with Crippen LogP contribution in [0.3, 0.4) is 0 Å². The number of aromatic nitrogens is 1. The van der Waals surface area contributed by atoms with Crippen LogP contribution in [0.5, 0.6) is 0 Å². The highest BCUT2D eigenvalue weighted by Gasteiger charge is 2.22. The second-order valence-corrected chi connectivity index (χ2v) is 8.49. The van der Waals surface area contributed by atoms with Gasteiger partial charge in [0, 0.05) is 12.4 Å². The first-order chi connectivity index (χ1) is 11.2. The molecule has 0 saturated carbocycles. The van der Waals surface area contributed by atoms with Crippen LogP contribution in [0, 0.1) is 0 Å². The number of rotatable bonds is 7. The largest absolute Gasteiger partial charge is 0.378 e. The minimum atomic E-state index is -3.47. The van der Waals surface area contributed by atoms with Gasteiger partial charge in [-0.2, -0.15) is 16.8 Å². The van der Waals surface area contributed by atoms with Gasteiger partial charge in [-0.1, -0.05) is 11.8 Å². The molecule has 0 aliphatic carbocycles. The summed E-state index contributed by atoms with van der Waals surface area (Å²) < 4.78 is 23.8. The molecule has 1 unspecified atom stereocenters. The normalized spacial score (nSPS) is 13.5. The Bertz CT molecular complexity index is 727. The topological polar surface area (TPSA) is 124 Å². The summed E-state index contributed by atoms with van der Waals surface area (Å²) in [6.07, 6.45) is 7.46. The molecule has 3 N–H and O–H groups in total. The van der Waals surface area contributed by atoms with Crippen LogP contribution in [0.15, 0.2) is 23.5 Å². The molecule has 1 heterocycles. The van der Waals surface area contributed by atoms with Gasteiger partial charge in [0.05, 0.1) is 11.8 Å². The van der Waals surface area contributed by atoms with Crippen LogP contribution in [0.2, 0.25) is 0 Å². The van der Waals surface area contributed by atoms with Crippen LogP contribution in [-0.4, -0.2) is 59.9 Å². The average Bonchev–Trinajstić information content (AvgIpc) is 3.01. The zero-order valence-corrected chi connectivity index (χ0v) is 16.0. The van der Waals surface area contributed by atoms with Gasteiger partial charge in [-0.05, 0) is 30.8 Å². The van der Waals surface area contributed by atoms with E-state index in [0.717, 1.165) is 22.0 Å². The molecular weight excluding hydrogens is 372 g/mol. The summed E-state index contributed by atoms with van der Waals surface area (Å²) in [5.41, 5.74) is 5.68. The highest BCUT2D eigenvalue weighted by Crippen LogP contribution is 2.08. The lowest BCUT2D eigenvalue weighted by atomic mass is 10.2. The highest BCUT2D eigenvalue weighted by molar-refractivity contribution is 8.13. The SMILES string of the molecule is CSCCC(NC(=O)c1ccn(S(C)(=O)=O)c1)C(=O)N=C(N)SC. The molecule has 0 radical (unpaired) electrons. The molecule has 0 fully saturated rings. The number of amides is 2. The number of carbonyl (C=O) groups excluding carboxylic acids is 2. The number of aliphatic imine (C=N–C) groups is 1. The maximum absolute atomic E-state index is 12.3. The summed E-state index contributed by atoms with van der Waals surface area (Å²) in [6.45, 7) is 0. The molecule has 0 saturated heterocycles. The molecule has 8 nitrogen and oxygen atoms in total. The molecule has 1 rings (SSSR count). The van der Waals surface area contributed by atoms with Crippen molar-refractivity contribution in [3.63, 3.8) is 0 Å². The van der Waals surface area contributed by atoms with E-state index in [9.17, 15) is 18.0 Å². The second-order valence-electron chi connectivity index (χ2n) is 4.79. The van der Waals surface area contributed by atoms with Gasteiger partial charge in [-0.25, -0.2) is 8.42 Å². The van der Waals surface area contributed by atoms with Gasteiger partial charge in [0.2, 0.25) is 10.0 Å². The minimum Gasteiger partial charge on any atom is -0.378 e. The standard InChI is InChI=1S/C13H20N4O4S3/c1-22-7-5-10(12(19)16-13(14)23-2)15-11(18)9-4-6-17(8-9)24(3,20)21/h4,6,8,10H,5,7H2,1-3H3,(H,15,18)(H2,14,16,19). The molecule has 2 amide bonds. The van der Waals surface area contributed by atoms with Crippen molar-refractivity contribution in [1.82, 2.24) is 9.29 Å². The fourth-order valence-electron chi connectivity index (χ4n) is 1.68. The lowest BCUT2D eigenvalue weighted by molar-refractivity contribution is -0.119. The molecular formula is C13H20N4O4S3. The molecule has 11 heteroatoms. The molecule has 0 spiro atoms. The summed E-state index contributed by atoms with van der Waals surface area (Å²) in [6, 6.07) is 0.545. The summed E-state index contributed by atoms with van der Waals surface area (Å²) >= 11 is 2.67. The predicted molar refractivity (Wildman–Crippen MR) is 99.1 cm³/mol. The van der Waals surface area contributed by atoms with Gasteiger partial charge < -0.3 is 11.1 Å². The van der Waals surface area contributed by atoms with Gasteiger partial charge in [-0.15, -0.1) is 0 Å². The number of nitrogens with zero attached hydrogens (tertiary/aromatic N) is 2. The van der Waals surface area contributed by atoms with Crippen LogP contribution < -0.4 is 11.1 Å². The maximum atomic E-state index is 12.3. The zero-order valence-electron chi connectivity index (χ0n) is 13.6. The molecule has 24 heavy (non-hydrogen) atoms. The van der Waals surface area contributed by atoms with E-state index in [0.29, 0.717) is 12.2 Å². The van der Waals surface area contributed by atoms with Gasteiger partial charge in [0.25, 0.3) is 11.8 Å². The Morgan fingerprint density at radius 1 is 1.42 bits per heavy atom. The maximum Gasteiger partial charge on any atom is 0.270 e. The zero-order chi connectivity index (χ0) is 18.3. The van der Waals surface area contributed by atoms with Crippen molar-refractivity contribution in [1.29, 1.82) is 0 Å². The third kappa shape index (κ3) is 6.21. The molecule has 134 valence electrons. The lowest BCUT2D eigenvalue weighted by Crippen LogP contribution is -2.41. The van der Waals surface area contributed by atoms with E-state index in [2.05, 4.69) is 10.3 Å². The van der Waals surface area contributed by atoms with Crippen LogP contribution in [0.25, 0.3) is 0 Å². The van der Waals surface area contributed by atoms with E-state index in [1.54, 1.807) is 6.26 Å². The number of amidine groups is 1. The first kappa shape index (κ1) is 20.6.